The fraction of sp³-hybridized carbons (Fsp3) is 0.429. The van der Waals surface area contributed by atoms with Gasteiger partial charge in [-0.2, -0.15) is 0 Å². The van der Waals surface area contributed by atoms with Crippen LogP contribution in [0.5, 0.6) is 11.5 Å². The van der Waals surface area contributed by atoms with Crippen LogP contribution in [0.3, 0.4) is 0 Å². The summed E-state index contributed by atoms with van der Waals surface area (Å²) >= 11 is 3.17. The number of aromatic hydroxyl groups is 1. The standard InChI is InChI=1S/C14H18O7.C10H10O5.C4H9BrO2/c1-18-13(16)11-4-3-10(9-12(11)14(17)19-2)21-8-7-20-6-5-15;1-14-9(12)7-4-3-6(11)5-8(7)10(13)15-2;5-1-3-7-4-2-6/h3-4,9,15H,5-8H2,1-2H3;3-5,11H,1-2H3;6H,1-4H2. The average Bonchev–Trinajstić information content (AvgIpc) is 3.03. The molecule has 0 spiro atoms. The molecular weight excluding hydrogens is 640 g/mol. The lowest BCUT2D eigenvalue weighted by molar-refractivity contribution is 0.0554. The van der Waals surface area contributed by atoms with Crippen LogP contribution in [-0.2, 0) is 28.4 Å². The second-order valence-corrected chi connectivity index (χ2v) is 8.41. The summed E-state index contributed by atoms with van der Waals surface area (Å²) in [5.74, 6) is -2.37. The molecule has 2 aromatic rings. The van der Waals surface area contributed by atoms with Crippen LogP contribution in [0.15, 0.2) is 36.4 Å². The van der Waals surface area contributed by atoms with Gasteiger partial charge in [-0.05, 0) is 36.4 Å². The van der Waals surface area contributed by atoms with E-state index in [9.17, 15) is 24.3 Å². The summed E-state index contributed by atoms with van der Waals surface area (Å²) in [4.78, 5) is 45.8. The number of ether oxygens (including phenoxy) is 7. The number of hydrogen-bond donors (Lipinski definition) is 3. The van der Waals surface area contributed by atoms with E-state index in [2.05, 4.69) is 34.9 Å². The van der Waals surface area contributed by atoms with Crippen molar-refractivity contribution in [1.29, 1.82) is 0 Å². The Hall–Kier alpha value is -3.76. The highest BCUT2D eigenvalue weighted by Crippen LogP contribution is 2.20. The number of carbonyl (C=O) groups is 4. The molecule has 3 N–H and O–H groups in total. The van der Waals surface area contributed by atoms with E-state index >= 15 is 0 Å². The summed E-state index contributed by atoms with van der Waals surface area (Å²) in [6.45, 7) is 1.97. The molecular formula is C28H37BrO14. The van der Waals surface area contributed by atoms with Crippen molar-refractivity contribution in [2.24, 2.45) is 0 Å². The highest BCUT2D eigenvalue weighted by Gasteiger charge is 2.20. The van der Waals surface area contributed by atoms with Crippen LogP contribution in [0.25, 0.3) is 0 Å². The molecule has 0 saturated heterocycles. The molecule has 15 heteroatoms. The number of halogens is 1. The van der Waals surface area contributed by atoms with Gasteiger partial charge >= 0.3 is 23.9 Å². The van der Waals surface area contributed by atoms with E-state index in [0.717, 1.165) is 11.4 Å². The van der Waals surface area contributed by atoms with Crippen molar-refractivity contribution in [2.75, 3.05) is 80.0 Å². The molecule has 0 fully saturated rings. The predicted octanol–water partition coefficient (Wildman–Crippen LogP) is 2.00. The Bertz CT molecular complexity index is 1130. The number of esters is 4. The SMILES string of the molecule is COC(=O)c1ccc(O)cc1C(=O)OC.COC(=O)c1ccc(OCCOCCO)cc1C(=O)OC.OCCOCCBr. The summed E-state index contributed by atoms with van der Waals surface area (Å²) in [6, 6.07) is 8.13. The third-order valence-electron chi connectivity index (χ3n) is 4.80. The van der Waals surface area contributed by atoms with Gasteiger partial charge in [0.25, 0.3) is 0 Å². The molecule has 0 aromatic heterocycles. The van der Waals surface area contributed by atoms with Crippen LogP contribution in [0.1, 0.15) is 41.4 Å². The van der Waals surface area contributed by atoms with Crippen molar-refractivity contribution in [3.63, 3.8) is 0 Å². The molecule has 0 radical (unpaired) electrons. The summed E-state index contributed by atoms with van der Waals surface area (Å²) in [7, 11) is 4.84. The number of aliphatic hydroxyl groups is 2. The number of aliphatic hydroxyl groups excluding tert-OH is 2. The molecule has 0 aliphatic carbocycles. The first-order chi connectivity index (χ1) is 20.6. The lowest BCUT2D eigenvalue weighted by Crippen LogP contribution is -2.13. The number of benzene rings is 2. The fourth-order valence-electron chi connectivity index (χ4n) is 2.89. The minimum absolute atomic E-state index is 0.0237. The van der Waals surface area contributed by atoms with Gasteiger partial charge in [0, 0.05) is 5.33 Å². The van der Waals surface area contributed by atoms with E-state index in [4.69, 9.17) is 24.4 Å². The molecule has 240 valence electrons. The van der Waals surface area contributed by atoms with Crippen molar-refractivity contribution in [1.82, 2.24) is 0 Å². The maximum Gasteiger partial charge on any atom is 0.338 e. The van der Waals surface area contributed by atoms with Gasteiger partial charge in [0.1, 0.15) is 18.1 Å². The number of phenols is 1. The van der Waals surface area contributed by atoms with Crippen LogP contribution in [-0.4, -0.2) is 119 Å². The Balaban J connectivity index is 0.000000696. The quantitative estimate of drug-likeness (QED) is 0.114. The van der Waals surface area contributed by atoms with E-state index in [1.165, 1.54) is 52.7 Å². The van der Waals surface area contributed by atoms with Gasteiger partial charge in [0.05, 0.1) is 90.3 Å². The average molecular weight is 677 g/mol. The molecule has 43 heavy (non-hydrogen) atoms. The predicted molar refractivity (Wildman–Crippen MR) is 155 cm³/mol. The Morgan fingerprint density at radius 3 is 1.51 bits per heavy atom. The van der Waals surface area contributed by atoms with Crippen molar-refractivity contribution in [3.8, 4) is 11.5 Å². The van der Waals surface area contributed by atoms with Crippen LogP contribution in [0.4, 0.5) is 0 Å². The molecule has 14 nitrogen and oxygen atoms in total. The Morgan fingerprint density at radius 1 is 0.605 bits per heavy atom. The molecule has 0 atom stereocenters. The highest BCUT2D eigenvalue weighted by atomic mass is 79.9. The van der Waals surface area contributed by atoms with Crippen LogP contribution in [0, 0.1) is 0 Å². The molecule has 0 unspecified atom stereocenters. The Morgan fingerprint density at radius 2 is 1.05 bits per heavy atom. The minimum Gasteiger partial charge on any atom is -0.508 e. The first-order valence-electron chi connectivity index (χ1n) is 12.5. The number of carbonyl (C=O) groups excluding carboxylic acids is 4. The number of rotatable bonds is 14. The minimum atomic E-state index is -0.702. The number of alkyl halides is 1. The van der Waals surface area contributed by atoms with Crippen LogP contribution >= 0.6 is 15.9 Å². The van der Waals surface area contributed by atoms with Crippen molar-refractivity contribution < 1.29 is 67.7 Å². The second-order valence-electron chi connectivity index (χ2n) is 7.61. The van der Waals surface area contributed by atoms with E-state index in [1.54, 1.807) is 6.07 Å². The molecule has 2 rings (SSSR count). The summed E-state index contributed by atoms with van der Waals surface area (Å²) in [5, 5.41) is 26.7. The Labute approximate surface area is 257 Å². The molecule has 0 aliphatic rings. The number of hydrogen-bond acceptors (Lipinski definition) is 14. The smallest absolute Gasteiger partial charge is 0.338 e. The van der Waals surface area contributed by atoms with Crippen molar-refractivity contribution >= 4 is 39.8 Å². The summed E-state index contributed by atoms with van der Waals surface area (Å²) in [5.41, 5.74) is 0.206. The molecule has 0 aliphatic heterocycles. The number of methoxy groups -OCH3 is 4. The molecule has 0 heterocycles. The molecule has 0 saturated carbocycles. The van der Waals surface area contributed by atoms with Crippen molar-refractivity contribution in [2.45, 2.75) is 0 Å². The maximum absolute atomic E-state index is 11.7. The van der Waals surface area contributed by atoms with Gasteiger partial charge in [-0.25, -0.2) is 19.2 Å². The van der Waals surface area contributed by atoms with E-state index in [1.807, 2.05) is 0 Å². The fourth-order valence-corrected chi connectivity index (χ4v) is 3.11. The third kappa shape index (κ3) is 15.3. The summed E-state index contributed by atoms with van der Waals surface area (Å²) < 4.78 is 33.5. The van der Waals surface area contributed by atoms with Crippen LogP contribution < -0.4 is 4.74 Å². The summed E-state index contributed by atoms with van der Waals surface area (Å²) in [6.07, 6.45) is 0. The van der Waals surface area contributed by atoms with Gasteiger partial charge in [0.15, 0.2) is 0 Å². The van der Waals surface area contributed by atoms with E-state index in [0.29, 0.717) is 25.6 Å². The molecule has 0 amide bonds. The molecule has 0 bridgehead atoms. The van der Waals surface area contributed by atoms with Gasteiger partial charge in [0.2, 0.25) is 0 Å². The topological polar surface area (TPSA) is 194 Å². The normalized spacial score (nSPS) is 9.74. The zero-order valence-corrected chi connectivity index (χ0v) is 25.9. The Kier molecular flexibility index (Phi) is 21.7. The second kappa shape index (κ2) is 23.8. The lowest BCUT2D eigenvalue weighted by Gasteiger charge is -2.10. The first kappa shape index (κ1) is 39.2. The lowest BCUT2D eigenvalue weighted by atomic mass is 10.1. The van der Waals surface area contributed by atoms with Crippen LogP contribution in [0.2, 0.25) is 0 Å². The van der Waals surface area contributed by atoms with Crippen molar-refractivity contribution in [3.05, 3.63) is 58.7 Å². The van der Waals surface area contributed by atoms with E-state index in [-0.39, 0.29) is 54.4 Å². The monoisotopic (exact) mass is 676 g/mol. The van der Waals surface area contributed by atoms with Gasteiger partial charge in [-0.15, -0.1) is 0 Å². The van der Waals surface area contributed by atoms with Gasteiger partial charge in [-0.1, -0.05) is 15.9 Å². The van der Waals surface area contributed by atoms with Gasteiger partial charge < -0.3 is 48.5 Å². The zero-order chi connectivity index (χ0) is 32.6. The largest absolute Gasteiger partial charge is 0.508 e. The zero-order valence-electron chi connectivity index (χ0n) is 24.3. The highest BCUT2D eigenvalue weighted by molar-refractivity contribution is 9.09. The first-order valence-corrected chi connectivity index (χ1v) is 13.6. The molecule has 2 aromatic carbocycles. The van der Waals surface area contributed by atoms with Gasteiger partial charge in [-0.3, -0.25) is 0 Å². The number of phenolic OH excluding ortho intramolecular Hbond substituents is 1. The third-order valence-corrected chi connectivity index (χ3v) is 5.13. The van der Waals surface area contributed by atoms with E-state index < -0.39 is 23.9 Å². The maximum atomic E-state index is 11.7.